The molecule has 0 bridgehead atoms. The number of rotatable bonds is 5. The van der Waals surface area contributed by atoms with Gasteiger partial charge in [-0.05, 0) is 53.8 Å². The standard InChI is InChI=1S/C24H21FN2O3/c1-16(13-14-19-10-6-12-21(25)26-19)7-4-8-17(2)22-23(30-24(28)27-22)18-9-5-11-20(15-18)29-3/h4-12,15,22-23H,2H2,1,3H3,(H,27,28). The van der Waals surface area contributed by atoms with Crippen molar-refractivity contribution in [1.82, 2.24) is 10.3 Å². The van der Waals surface area contributed by atoms with E-state index in [0.29, 0.717) is 17.0 Å². The van der Waals surface area contributed by atoms with E-state index in [4.69, 9.17) is 9.47 Å². The molecular weight excluding hydrogens is 383 g/mol. The molecule has 1 fully saturated rings. The molecule has 1 aromatic carbocycles. The molecule has 1 N–H and O–H groups in total. The fourth-order valence-electron chi connectivity index (χ4n) is 2.89. The predicted octanol–water partition coefficient (Wildman–Crippen LogP) is 4.49. The van der Waals surface area contributed by atoms with E-state index in [1.165, 1.54) is 6.07 Å². The molecular formula is C24H21FN2O3. The molecule has 30 heavy (non-hydrogen) atoms. The van der Waals surface area contributed by atoms with Gasteiger partial charge in [-0.2, -0.15) is 4.39 Å². The monoisotopic (exact) mass is 404 g/mol. The van der Waals surface area contributed by atoms with Gasteiger partial charge in [-0.3, -0.25) is 0 Å². The number of allylic oxidation sites excluding steroid dienone is 3. The van der Waals surface area contributed by atoms with Crippen LogP contribution in [0, 0.1) is 17.8 Å². The van der Waals surface area contributed by atoms with E-state index in [1.54, 1.807) is 37.5 Å². The first-order chi connectivity index (χ1) is 14.5. The highest BCUT2D eigenvalue weighted by atomic mass is 19.1. The highest BCUT2D eigenvalue weighted by Gasteiger charge is 2.36. The summed E-state index contributed by atoms with van der Waals surface area (Å²) in [5.74, 6) is 5.84. The number of alkyl carbamates (subject to hydrolysis) is 1. The van der Waals surface area contributed by atoms with Crippen LogP contribution in [-0.4, -0.2) is 24.2 Å². The number of amides is 1. The van der Waals surface area contributed by atoms with Gasteiger partial charge in [0.15, 0.2) is 6.10 Å². The summed E-state index contributed by atoms with van der Waals surface area (Å²) in [5, 5.41) is 2.78. The van der Waals surface area contributed by atoms with Crippen LogP contribution in [0.25, 0.3) is 0 Å². The number of halogens is 1. The average Bonchev–Trinajstić information content (AvgIpc) is 3.14. The summed E-state index contributed by atoms with van der Waals surface area (Å²) in [7, 11) is 1.58. The molecule has 1 saturated heterocycles. The molecule has 1 aromatic heterocycles. The van der Waals surface area contributed by atoms with Crippen molar-refractivity contribution >= 4 is 6.09 Å². The van der Waals surface area contributed by atoms with Crippen LogP contribution in [0.2, 0.25) is 0 Å². The summed E-state index contributed by atoms with van der Waals surface area (Å²) in [6, 6.07) is 11.4. The predicted molar refractivity (Wildman–Crippen MR) is 112 cm³/mol. The number of cyclic esters (lactones) is 1. The highest BCUT2D eigenvalue weighted by molar-refractivity contribution is 5.72. The number of ether oxygens (including phenoxy) is 2. The third kappa shape index (κ3) is 5.36. The largest absolute Gasteiger partial charge is 0.497 e. The fraction of sp³-hybridized carbons (Fsp3) is 0.167. The van der Waals surface area contributed by atoms with Crippen molar-refractivity contribution < 1.29 is 18.7 Å². The van der Waals surface area contributed by atoms with Gasteiger partial charge in [0.05, 0.1) is 13.2 Å². The summed E-state index contributed by atoms with van der Waals surface area (Å²) in [5.41, 5.74) is 2.62. The number of pyridine rings is 1. The third-order valence-electron chi connectivity index (χ3n) is 4.39. The molecule has 1 amide bonds. The van der Waals surface area contributed by atoms with Crippen LogP contribution in [0.4, 0.5) is 9.18 Å². The zero-order chi connectivity index (χ0) is 21.5. The maximum absolute atomic E-state index is 13.1. The smallest absolute Gasteiger partial charge is 0.408 e. The molecule has 0 saturated carbocycles. The minimum Gasteiger partial charge on any atom is -0.497 e. The summed E-state index contributed by atoms with van der Waals surface area (Å²) in [6.45, 7) is 5.89. The average molecular weight is 404 g/mol. The van der Waals surface area contributed by atoms with Crippen molar-refractivity contribution in [2.75, 3.05) is 7.11 Å². The molecule has 0 aliphatic carbocycles. The number of nitrogens with zero attached hydrogens (tertiary/aromatic N) is 1. The lowest BCUT2D eigenvalue weighted by molar-refractivity contribution is 0.135. The molecule has 3 rings (SSSR count). The SMILES string of the molecule is C=C(C=CC=C(C)C#Cc1cccc(F)n1)C1NC(=O)OC1c1cccc(OC)c1. The Kier molecular flexibility index (Phi) is 6.66. The van der Waals surface area contributed by atoms with Crippen molar-refractivity contribution in [2.45, 2.75) is 19.1 Å². The van der Waals surface area contributed by atoms with Crippen molar-refractivity contribution in [3.63, 3.8) is 0 Å². The van der Waals surface area contributed by atoms with Crippen LogP contribution in [0.3, 0.4) is 0 Å². The zero-order valence-electron chi connectivity index (χ0n) is 16.7. The second-order valence-corrected chi connectivity index (χ2v) is 6.60. The van der Waals surface area contributed by atoms with Gasteiger partial charge >= 0.3 is 6.09 Å². The van der Waals surface area contributed by atoms with Crippen molar-refractivity contribution in [2.24, 2.45) is 0 Å². The lowest BCUT2D eigenvalue weighted by atomic mass is 9.97. The van der Waals surface area contributed by atoms with E-state index >= 15 is 0 Å². The number of hydrogen-bond donors (Lipinski definition) is 1. The second kappa shape index (κ2) is 9.57. The van der Waals surface area contributed by atoms with Crippen molar-refractivity contribution in [3.8, 4) is 17.6 Å². The van der Waals surface area contributed by atoms with E-state index in [-0.39, 0.29) is 0 Å². The minimum absolute atomic E-state index is 0.364. The number of carbonyl (C=O) groups excluding carboxylic acids is 1. The van der Waals surface area contributed by atoms with Gasteiger partial charge in [-0.25, -0.2) is 9.78 Å². The number of carbonyl (C=O) groups is 1. The van der Waals surface area contributed by atoms with Crippen LogP contribution >= 0.6 is 0 Å². The Balaban J connectivity index is 1.69. The van der Waals surface area contributed by atoms with Gasteiger partial charge in [-0.1, -0.05) is 48.9 Å². The van der Waals surface area contributed by atoms with Gasteiger partial charge in [0.2, 0.25) is 5.95 Å². The van der Waals surface area contributed by atoms with Crippen molar-refractivity contribution in [3.05, 3.63) is 95.6 Å². The molecule has 2 unspecified atom stereocenters. The maximum atomic E-state index is 13.1. The molecule has 1 aliphatic rings. The molecule has 152 valence electrons. The van der Waals surface area contributed by atoms with Gasteiger partial charge < -0.3 is 14.8 Å². The quantitative estimate of drug-likeness (QED) is 0.453. The Bertz CT molecular complexity index is 1080. The lowest BCUT2D eigenvalue weighted by Crippen LogP contribution is -2.28. The van der Waals surface area contributed by atoms with E-state index in [9.17, 15) is 9.18 Å². The minimum atomic E-state index is -0.564. The second-order valence-electron chi connectivity index (χ2n) is 6.60. The number of hydrogen-bond acceptors (Lipinski definition) is 4. The van der Waals surface area contributed by atoms with Crippen LogP contribution in [0.15, 0.2) is 78.4 Å². The van der Waals surface area contributed by atoms with Crippen molar-refractivity contribution in [1.29, 1.82) is 0 Å². The third-order valence-corrected chi connectivity index (χ3v) is 4.39. The van der Waals surface area contributed by atoms with Crippen LogP contribution in [-0.2, 0) is 4.74 Å². The topological polar surface area (TPSA) is 60.5 Å². The van der Waals surface area contributed by atoms with E-state index < -0.39 is 24.2 Å². The maximum Gasteiger partial charge on any atom is 0.408 e. The van der Waals surface area contributed by atoms with Crippen LogP contribution in [0.5, 0.6) is 5.75 Å². The molecule has 0 radical (unpaired) electrons. The summed E-state index contributed by atoms with van der Waals surface area (Å²) >= 11 is 0. The Morgan fingerprint density at radius 3 is 2.90 bits per heavy atom. The molecule has 0 spiro atoms. The summed E-state index contributed by atoms with van der Waals surface area (Å²) in [4.78, 5) is 15.5. The van der Waals surface area contributed by atoms with E-state index in [1.807, 2.05) is 31.2 Å². The Morgan fingerprint density at radius 2 is 2.13 bits per heavy atom. The van der Waals surface area contributed by atoms with Gasteiger partial charge in [-0.15, -0.1) is 0 Å². The molecule has 2 atom stereocenters. The van der Waals surface area contributed by atoms with E-state index in [0.717, 1.165) is 11.1 Å². The van der Waals surface area contributed by atoms with Crippen LogP contribution in [0.1, 0.15) is 24.3 Å². The fourth-order valence-corrected chi connectivity index (χ4v) is 2.89. The normalized spacial score (nSPS) is 18.4. The summed E-state index contributed by atoms with van der Waals surface area (Å²) < 4.78 is 23.8. The van der Waals surface area contributed by atoms with Gasteiger partial charge in [0.25, 0.3) is 0 Å². The molecule has 6 heteroatoms. The molecule has 2 aromatic rings. The first kappa shape index (κ1) is 20.9. The lowest BCUT2D eigenvalue weighted by Gasteiger charge is -2.18. The molecule has 5 nitrogen and oxygen atoms in total. The number of benzene rings is 1. The van der Waals surface area contributed by atoms with Gasteiger partial charge in [0.1, 0.15) is 11.4 Å². The molecule has 2 heterocycles. The first-order valence-electron chi connectivity index (χ1n) is 9.25. The molecule has 1 aliphatic heterocycles. The van der Waals surface area contributed by atoms with Gasteiger partial charge in [0, 0.05) is 0 Å². The number of aromatic nitrogens is 1. The number of nitrogens with one attached hydrogen (secondary N) is 1. The highest BCUT2D eigenvalue weighted by Crippen LogP contribution is 2.32. The Hall–Kier alpha value is -3.85. The Morgan fingerprint density at radius 1 is 1.33 bits per heavy atom. The van der Waals surface area contributed by atoms with Crippen LogP contribution < -0.4 is 10.1 Å². The first-order valence-corrected chi connectivity index (χ1v) is 9.25. The number of methoxy groups -OCH3 is 1. The van der Waals surface area contributed by atoms with E-state index in [2.05, 4.69) is 28.7 Å². The zero-order valence-corrected chi connectivity index (χ0v) is 16.7. The summed E-state index contributed by atoms with van der Waals surface area (Å²) in [6.07, 6.45) is 4.38. The Labute approximate surface area is 174 Å².